The van der Waals surface area contributed by atoms with E-state index in [4.69, 9.17) is 4.74 Å². The van der Waals surface area contributed by atoms with E-state index in [1.807, 2.05) is 13.0 Å². The topological polar surface area (TPSA) is 37.4 Å². The van der Waals surface area contributed by atoms with Gasteiger partial charge in [-0.05, 0) is 26.1 Å². The minimum Gasteiger partial charge on any atom is -0.378 e. The van der Waals surface area contributed by atoms with Crippen LogP contribution < -0.4 is 5.32 Å². The van der Waals surface area contributed by atoms with Crippen molar-refractivity contribution in [1.29, 1.82) is 0 Å². The maximum absolute atomic E-state index is 5.45. The Labute approximate surface area is 103 Å². The molecule has 0 aromatic carbocycles. The number of hydrogen-bond donors (Lipinski definition) is 1. The SMILES string of the molecule is Cc1cccc(CN(C)CC2COCCN2)n1. The predicted molar refractivity (Wildman–Crippen MR) is 67.9 cm³/mol. The summed E-state index contributed by atoms with van der Waals surface area (Å²) in [5.41, 5.74) is 2.21. The average molecular weight is 235 g/mol. The first-order valence-electron chi connectivity index (χ1n) is 6.16. The lowest BCUT2D eigenvalue weighted by Gasteiger charge is -2.28. The lowest BCUT2D eigenvalue weighted by atomic mass is 10.2. The number of pyridine rings is 1. The quantitative estimate of drug-likeness (QED) is 0.838. The molecule has 0 radical (unpaired) electrons. The van der Waals surface area contributed by atoms with Crippen LogP contribution >= 0.6 is 0 Å². The van der Waals surface area contributed by atoms with Gasteiger partial charge in [0.1, 0.15) is 0 Å². The van der Waals surface area contributed by atoms with Gasteiger partial charge in [0, 0.05) is 31.4 Å². The van der Waals surface area contributed by atoms with Crippen LogP contribution in [0.2, 0.25) is 0 Å². The van der Waals surface area contributed by atoms with Crippen LogP contribution in [0.15, 0.2) is 18.2 Å². The zero-order valence-corrected chi connectivity index (χ0v) is 10.6. The van der Waals surface area contributed by atoms with E-state index < -0.39 is 0 Å². The van der Waals surface area contributed by atoms with Crippen molar-refractivity contribution in [2.24, 2.45) is 0 Å². The number of rotatable bonds is 4. The van der Waals surface area contributed by atoms with Crippen LogP contribution in [0.5, 0.6) is 0 Å². The molecule has 2 rings (SSSR count). The normalized spacial score (nSPS) is 20.8. The van der Waals surface area contributed by atoms with Crippen LogP contribution in [0.1, 0.15) is 11.4 Å². The van der Waals surface area contributed by atoms with Gasteiger partial charge in [-0.2, -0.15) is 0 Å². The summed E-state index contributed by atoms with van der Waals surface area (Å²) in [4.78, 5) is 6.80. The molecule has 1 N–H and O–H groups in total. The molecule has 1 aliphatic rings. The lowest BCUT2D eigenvalue weighted by molar-refractivity contribution is 0.0643. The van der Waals surface area contributed by atoms with Crippen molar-refractivity contribution in [3.63, 3.8) is 0 Å². The van der Waals surface area contributed by atoms with Gasteiger partial charge in [-0.1, -0.05) is 6.07 Å². The molecule has 0 aliphatic carbocycles. The van der Waals surface area contributed by atoms with Gasteiger partial charge < -0.3 is 10.1 Å². The molecule has 94 valence electrons. The van der Waals surface area contributed by atoms with Crippen molar-refractivity contribution in [3.05, 3.63) is 29.6 Å². The molecule has 1 aromatic rings. The first-order valence-corrected chi connectivity index (χ1v) is 6.16. The highest BCUT2D eigenvalue weighted by molar-refractivity contribution is 5.09. The summed E-state index contributed by atoms with van der Waals surface area (Å²) in [6, 6.07) is 6.61. The number of morpholine rings is 1. The fourth-order valence-corrected chi connectivity index (χ4v) is 2.14. The molecular formula is C13H21N3O. The number of likely N-dealkylation sites (N-methyl/N-ethyl adjacent to an activating group) is 1. The number of hydrogen-bond acceptors (Lipinski definition) is 4. The zero-order chi connectivity index (χ0) is 12.1. The van der Waals surface area contributed by atoms with Crippen LogP contribution in [-0.4, -0.2) is 49.3 Å². The van der Waals surface area contributed by atoms with E-state index >= 15 is 0 Å². The molecule has 4 nitrogen and oxygen atoms in total. The molecule has 1 unspecified atom stereocenters. The number of aromatic nitrogens is 1. The van der Waals surface area contributed by atoms with Gasteiger partial charge >= 0.3 is 0 Å². The maximum atomic E-state index is 5.45. The Morgan fingerprint density at radius 3 is 3.12 bits per heavy atom. The van der Waals surface area contributed by atoms with E-state index in [1.165, 1.54) is 0 Å². The first kappa shape index (κ1) is 12.5. The van der Waals surface area contributed by atoms with Crippen LogP contribution in [0.4, 0.5) is 0 Å². The largest absolute Gasteiger partial charge is 0.378 e. The highest BCUT2D eigenvalue weighted by Crippen LogP contribution is 2.03. The Balaban J connectivity index is 1.82. The second-order valence-electron chi connectivity index (χ2n) is 4.69. The van der Waals surface area contributed by atoms with Crippen LogP contribution in [0, 0.1) is 6.92 Å². The van der Waals surface area contributed by atoms with Gasteiger partial charge in [0.2, 0.25) is 0 Å². The third kappa shape index (κ3) is 4.07. The minimum atomic E-state index is 0.443. The van der Waals surface area contributed by atoms with E-state index in [1.54, 1.807) is 0 Å². The van der Waals surface area contributed by atoms with Crippen LogP contribution in [0.25, 0.3) is 0 Å². The molecule has 1 aliphatic heterocycles. The Morgan fingerprint density at radius 1 is 1.53 bits per heavy atom. The minimum absolute atomic E-state index is 0.443. The molecule has 1 saturated heterocycles. The zero-order valence-electron chi connectivity index (χ0n) is 10.6. The third-order valence-corrected chi connectivity index (χ3v) is 2.91. The Kier molecular flexibility index (Phi) is 4.48. The third-order valence-electron chi connectivity index (χ3n) is 2.91. The summed E-state index contributed by atoms with van der Waals surface area (Å²) in [6.45, 7) is 6.52. The highest BCUT2D eigenvalue weighted by atomic mass is 16.5. The summed E-state index contributed by atoms with van der Waals surface area (Å²) in [6.07, 6.45) is 0. The van der Waals surface area contributed by atoms with Crippen LogP contribution in [-0.2, 0) is 11.3 Å². The molecule has 2 heterocycles. The summed E-state index contributed by atoms with van der Waals surface area (Å²) in [7, 11) is 2.13. The lowest BCUT2D eigenvalue weighted by Crippen LogP contribution is -2.47. The smallest absolute Gasteiger partial charge is 0.0632 e. The van der Waals surface area contributed by atoms with Gasteiger partial charge in [-0.25, -0.2) is 0 Å². The molecule has 17 heavy (non-hydrogen) atoms. The molecule has 0 bridgehead atoms. The summed E-state index contributed by atoms with van der Waals surface area (Å²) < 4.78 is 5.45. The van der Waals surface area contributed by atoms with Crippen LogP contribution in [0.3, 0.4) is 0 Å². The molecule has 4 heteroatoms. The van der Waals surface area contributed by atoms with Gasteiger partial charge in [0.25, 0.3) is 0 Å². The molecule has 1 atom stereocenters. The number of nitrogens with zero attached hydrogens (tertiary/aromatic N) is 2. The van der Waals surface area contributed by atoms with Gasteiger partial charge in [0.05, 0.1) is 18.9 Å². The predicted octanol–water partition coefficient (Wildman–Crippen LogP) is 0.810. The fourth-order valence-electron chi connectivity index (χ4n) is 2.14. The average Bonchev–Trinajstić information content (AvgIpc) is 2.30. The van der Waals surface area contributed by atoms with E-state index in [2.05, 4.69) is 34.4 Å². The fraction of sp³-hybridized carbons (Fsp3) is 0.615. The van der Waals surface area contributed by atoms with Crippen molar-refractivity contribution in [2.75, 3.05) is 33.4 Å². The second-order valence-corrected chi connectivity index (χ2v) is 4.69. The monoisotopic (exact) mass is 235 g/mol. The van der Waals surface area contributed by atoms with E-state index in [9.17, 15) is 0 Å². The molecule has 0 spiro atoms. The standard InChI is InChI=1S/C13H21N3O/c1-11-4-3-5-12(15-11)8-16(2)9-13-10-17-7-6-14-13/h3-5,13-14H,6-10H2,1-2H3. The van der Waals surface area contributed by atoms with Crippen molar-refractivity contribution >= 4 is 0 Å². The van der Waals surface area contributed by atoms with Gasteiger partial charge in [-0.15, -0.1) is 0 Å². The number of aryl methyl sites for hydroxylation is 1. The maximum Gasteiger partial charge on any atom is 0.0632 e. The summed E-state index contributed by atoms with van der Waals surface area (Å²) >= 11 is 0. The molecule has 1 aromatic heterocycles. The van der Waals surface area contributed by atoms with E-state index in [0.717, 1.165) is 44.2 Å². The summed E-state index contributed by atoms with van der Waals surface area (Å²) in [5, 5.41) is 3.46. The summed E-state index contributed by atoms with van der Waals surface area (Å²) in [5.74, 6) is 0. The first-order chi connectivity index (χ1) is 8.24. The molecule has 0 amide bonds. The van der Waals surface area contributed by atoms with E-state index in [0.29, 0.717) is 6.04 Å². The Hall–Kier alpha value is -0.970. The molecule has 0 saturated carbocycles. The number of nitrogens with one attached hydrogen (secondary N) is 1. The van der Waals surface area contributed by atoms with Crippen molar-refractivity contribution < 1.29 is 4.74 Å². The Morgan fingerprint density at radius 2 is 2.41 bits per heavy atom. The molecule has 1 fully saturated rings. The van der Waals surface area contributed by atoms with Gasteiger partial charge in [-0.3, -0.25) is 9.88 Å². The van der Waals surface area contributed by atoms with E-state index in [-0.39, 0.29) is 0 Å². The Bertz CT molecular complexity index is 350. The van der Waals surface area contributed by atoms with Gasteiger partial charge in [0.15, 0.2) is 0 Å². The van der Waals surface area contributed by atoms with Crippen molar-refractivity contribution in [2.45, 2.75) is 19.5 Å². The highest BCUT2D eigenvalue weighted by Gasteiger charge is 2.15. The number of ether oxygens (including phenoxy) is 1. The van der Waals surface area contributed by atoms with Crippen molar-refractivity contribution in [3.8, 4) is 0 Å². The second kappa shape index (κ2) is 6.10. The van der Waals surface area contributed by atoms with Crippen molar-refractivity contribution in [1.82, 2.24) is 15.2 Å². The molecular weight excluding hydrogens is 214 g/mol.